The maximum absolute atomic E-state index is 12.3. The van der Waals surface area contributed by atoms with E-state index in [2.05, 4.69) is 19.9 Å². The number of pyridine rings is 1. The summed E-state index contributed by atoms with van der Waals surface area (Å²) in [5.41, 5.74) is 6.08. The zero-order valence-electron chi connectivity index (χ0n) is 13.3. The Balaban J connectivity index is 2.21. The smallest absolute Gasteiger partial charge is 0.341 e. The van der Waals surface area contributed by atoms with E-state index in [0.29, 0.717) is 22.4 Å². The molecular weight excluding hydrogens is 316 g/mol. The standard InChI is InChI=1S/C14H18N6O2S/c1-8(10-17-13(15)19-14(18-10)20(2)3)22-12(21)9-6-5-7-16-11(9)23-4/h5-8H,1-4H3,(H2,15,17,18,19)/t8-/m0/s1. The van der Waals surface area contributed by atoms with Gasteiger partial charge in [-0.1, -0.05) is 0 Å². The summed E-state index contributed by atoms with van der Waals surface area (Å²) >= 11 is 1.38. The summed E-state index contributed by atoms with van der Waals surface area (Å²) in [6.45, 7) is 1.68. The van der Waals surface area contributed by atoms with Crippen molar-refractivity contribution in [1.29, 1.82) is 0 Å². The number of nitrogen functional groups attached to an aromatic ring is 1. The van der Waals surface area contributed by atoms with E-state index in [-0.39, 0.29) is 5.95 Å². The molecule has 0 aliphatic heterocycles. The first kappa shape index (κ1) is 16.9. The molecule has 2 aromatic rings. The molecule has 0 aliphatic rings. The Morgan fingerprint density at radius 2 is 2.09 bits per heavy atom. The van der Waals surface area contributed by atoms with Crippen LogP contribution in [-0.2, 0) is 4.74 Å². The van der Waals surface area contributed by atoms with Crippen molar-refractivity contribution in [3.8, 4) is 0 Å². The van der Waals surface area contributed by atoms with E-state index in [0.717, 1.165) is 0 Å². The zero-order chi connectivity index (χ0) is 17.0. The molecule has 0 spiro atoms. The van der Waals surface area contributed by atoms with Crippen LogP contribution in [-0.4, -0.2) is 46.3 Å². The van der Waals surface area contributed by atoms with Gasteiger partial charge in [-0.25, -0.2) is 9.78 Å². The number of aromatic nitrogens is 4. The molecule has 0 saturated carbocycles. The van der Waals surface area contributed by atoms with Crippen molar-refractivity contribution in [3.63, 3.8) is 0 Å². The molecular formula is C14H18N6O2S. The van der Waals surface area contributed by atoms with Crippen molar-refractivity contribution in [2.45, 2.75) is 18.1 Å². The van der Waals surface area contributed by atoms with Gasteiger partial charge < -0.3 is 15.4 Å². The second-order valence-corrected chi connectivity index (χ2v) is 5.65. The average Bonchev–Trinajstić information content (AvgIpc) is 2.53. The maximum Gasteiger partial charge on any atom is 0.341 e. The van der Waals surface area contributed by atoms with Crippen molar-refractivity contribution in [2.75, 3.05) is 31.0 Å². The lowest BCUT2D eigenvalue weighted by atomic mass is 10.3. The number of anilines is 2. The van der Waals surface area contributed by atoms with Gasteiger partial charge in [0.15, 0.2) is 11.9 Å². The third kappa shape index (κ3) is 4.07. The molecule has 0 radical (unpaired) electrons. The lowest BCUT2D eigenvalue weighted by Gasteiger charge is -2.16. The Labute approximate surface area is 138 Å². The monoisotopic (exact) mass is 334 g/mol. The van der Waals surface area contributed by atoms with Gasteiger partial charge in [0.05, 0.1) is 5.56 Å². The van der Waals surface area contributed by atoms with Crippen LogP contribution in [0.25, 0.3) is 0 Å². The Morgan fingerprint density at radius 1 is 1.35 bits per heavy atom. The summed E-state index contributed by atoms with van der Waals surface area (Å²) in [4.78, 5) is 30.5. The zero-order valence-corrected chi connectivity index (χ0v) is 14.2. The van der Waals surface area contributed by atoms with Crippen LogP contribution in [0.5, 0.6) is 0 Å². The summed E-state index contributed by atoms with van der Waals surface area (Å²) in [7, 11) is 3.57. The number of hydrogen-bond donors (Lipinski definition) is 1. The Morgan fingerprint density at radius 3 is 2.74 bits per heavy atom. The van der Waals surface area contributed by atoms with Crippen molar-refractivity contribution in [1.82, 2.24) is 19.9 Å². The van der Waals surface area contributed by atoms with Crippen LogP contribution in [0.2, 0.25) is 0 Å². The largest absolute Gasteiger partial charge is 0.451 e. The second-order valence-electron chi connectivity index (χ2n) is 4.85. The van der Waals surface area contributed by atoms with E-state index < -0.39 is 12.1 Å². The molecule has 0 amide bonds. The van der Waals surface area contributed by atoms with Gasteiger partial charge in [-0.2, -0.15) is 15.0 Å². The number of hydrogen-bond acceptors (Lipinski definition) is 9. The van der Waals surface area contributed by atoms with E-state index in [1.54, 1.807) is 44.2 Å². The van der Waals surface area contributed by atoms with Crippen molar-refractivity contribution >= 4 is 29.6 Å². The normalized spacial score (nSPS) is 11.8. The van der Waals surface area contributed by atoms with E-state index in [4.69, 9.17) is 10.5 Å². The Hall–Kier alpha value is -2.42. The minimum atomic E-state index is -0.665. The number of carbonyl (C=O) groups excluding carboxylic acids is 1. The van der Waals surface area contributed by atoms with E-state index in [9.17, 15) is 4.79 Å². The van der Waals surface area contributed by atoms with Crippen LogP contribution in [0, 0.1) is 0 Å². The molecule has 2 aromatic heterocycles. The number of nitrogens with two attached hydrogens (primary N) is 1. The summed E-state index contributed by atoms with van der Waals surface area (Å²) < 4.78 is 5.44. The van der Waals surface area contributed by atoms with Gasteiger partial charge in [0, 0.05) is 20.3 Å². The fraction of sp³-hybridized carbons (Fsp3) is 0.357. The molecule has 1 atom stereocenters. The van der Waals surface area contributed by atoms with Crippen LogP contribution < -0.4 is 10.6 Å². The molecule has 0 unspecified atom stereocenters. The van der Waals surface area contributed by atoms with Crippen LogP contribution >= 0.6 is 11.8 Å². The fourth-order valence-corrected chi connectivity index (χ4v) is 2.30. The topological polar surface area (TPSA) is 107 Å². The third-order valence-electron chi connectivity index (χ3n) is 2.89. The number of nitrogens with zero attached hydrogens (tertiary/aromatic N) is 5. The van der Waals surface area contributed by atoms with Gasteiger partial charge in [-0.15, -0.1) is 11.8 Å². The highest BCUT2D eigenvalue weighted by Gasteiger charge is 2.20. The number of carbonyl (C=O) groups is 1. The number of rotatable bonds is 5. The van der Waals surface area contributed by atoms with Gasteiger partial charge in [0.25, 0.3) is 0 Å². The molecule has 23 heavy (non-hydrogen) atoms. The first-order chi connectivity index (χ1) is 10.9. The van der Waals surface area contributed by atoms with Crippen molar-refractivity contribution in [3.05, 3.63) is 29.7 Å². The Kier molecular flexibility index (Phi) is 5.32. The van der Waals surface area contributed by atoms with Crippen molar-refractivity contribution < 1.29 is 9.53 Å². The lowest BCUT2D eigenvalue weighted by Crippen LogP contribution is -2.19. The SMILES string of the molecule is CSc1ncccc1C(=O)O[C@@H](C)c1nc(N)nc(N(C)C)n1. The number of esters is 1. The number of thioether (sulfide) groups is 1. The maximum atomic E-state index is 12.3. The van der Waals surface area contributed by atoms with E-state index in [1.165, 1.54) is 11.8 Å². The molecule has 2 heterocycles. The van der Waals surface area contributed by atoms with Gasteiger partial charge in [-0.05, 0) is 25.3 Å². The first-order valence-electron chi connectivity index (χ1n) is 6.81. The highest BCUT2D eigenvalue weighted by Crippen LogP contribution is 2.22. The van der Waals surface area contributed by atoms with Crippen LogP contribution in [0.4, 0.5) is 11.9 Å². The second kappa shape index (κ2) is 7.23. The molecule has 2 rings (SSSR count). The molecule has 9 heteroatoms. The predicted molar refractivity (Wildman–Crippen MR) is 88.4 cm³/mol. The molecule has 0 saturated heterocycles. The molecule has 0 fully saturated rings. The molecule has 2 N–H and O–H groups in total. The molecule has 8 nitrogen and oxygen atoms in total. The number of ether oxygens (including phenoxy) is 1. The van der Waals surface area contributed by atoms with Crippen LogP contribution in [0.3, 0.4) is 0 Å². The lowest BCUT2D eigenvalue weighted by molar-refractivity contribution is 0.0314. The average molecular weight is 334 g/mol. The van der Waals surface area contributed by atoms with Gasteiger partial charge in [0.2, 0.25) is 11.9 Å². The third-order valence-corrected chi connectivity index (χ3v) is 3.60. The van der Waals surface area contributed by atoms with Gasteiger partial charge in [0.1, 0.15) is 5.03 Å². The molecule has 0 aliphatic carbocycles. The van der Waals surface area contributed by atoms with Crippen molar-refractivity contribution in [2.24, 2.45) is 0 Å². The molecule has 0 aromatic carbocycles. The minimum Gasteiger partial charge on any atom is -0.451 e. The summed E-state index contributed by atoms with van der Waals surface area (Å²) in [5.74, 6) is 0.291. The van der Waals surface area contributed by atoms with Crippen LogP contribution in [0.1, 0.15) is 29.2 Å². The molecule has 122 valence electrons. The minimum absolute atomic E-state index is 0.0766. The fourth-order valence-electron chi connectivity index (χ4n) is 1.76. The summed E-state index contributed by atoms with van der Waals surface area (Å²) in [6, 6.07) is 3.35. The summed E-state index contributed by atoms with van der Waals surface area (Å²) in [6.07, 6.45) is 2.81. The first-order valence-corrected chi connectivity index (χ1v) is 8.03. The highest BCUT2D eigenvalue weighted by molar-refractivity contribution is 7.98. The van der Waals surface area contributed by atoms with Gasteiger partial charge >= 0.3 is 5.97 Å². The van der Waals surface area contributed by atoms with Gasteiger partial charge in [-0.3, -0.25) is 0 Å². The quantitative estimate of drug-likeness (QED) is 0.643. The van der Waals surface area contributed by atoms with E-state index >= 15 is 0 Å². The summed E-state index contributed by atoms with van der Waals surface area (Å²) in [5, 5.41) is 0.605. The highest BCUT2D eigenvalue weighted by atomic mass is 32.2. The van der Waals surface area contributed by atoms with E-state index in [1.807, 2.05) is 6.26 Å². The molecule has 0 bridgehead atoms. The van der Waals surface area contributed by atoms with Crippen LogP contribution in [0.15, 0.2) is 23.4 Å². The Bertz CT molecular complexity index is 709. The predicted octanol–water partition coefficient (Wildman–Crippen LogP) is 1.55.